The number of ether oxygens (including phenoxy) is 2. The summed E-state index contributed by atoms with van der Waals surface area (Å²) in [6.45, 7) is 6.74. The molecule has 1 rings (SSSR count). The van der Waals surface area contributed by atoms with E-state index in [0.717, 1.165) is 32.4 Å². The number of carbonyl (C=O) groups excluding carboxylic acids is 1. The monoisotopic (exact) mass is 244 g/mol. The minimum absolute atomic E-state index is 0.0485. The quantitative estimate of drug-likeness (QED) is 0.615. The van der Waals surface area contributed by atoms with Crippen molar-refractivity contribution in [2.24, 2.45) is 0 Å². The molecule has 0 aromatic carbocycles. The Bertz CT molecular complexity index is 218. The van der Waals surface area contributed by atoms with Crippen molar-refractivity contribution in [3.63, 3.8) is 0 Å². The number of carbonyl (C=O) groups is 1. The van der Waals surface area contributed by atoms with Gasteiger partial charge in [0, 0.05) is 32.7 Å². The summed E-state index contributed by atoms with van der Waals surface area (Å²) < 4.78 is 10.9. The minimum Gasteiger partial charge on any atom is -0.355 e. The molecule has 1 amide bonds. The van der Waals surface area contributed by atoms with E-state index >= 15 is 0 Å². The second-order valence-corrected chi connectivity index (χ2v) is 4.07. The molecule has 0 spiro atoms. The lowest BCUT2D eigenvalue weighted by molar-refractivity contribution is -0.139. The first kappa shape index (κ1) is 14.4. The zero-order chi connectivity index (χ0) is 12.5. The lowest BCUT2D eigenvalue weighted by Crippen LogP contribution is -2.48. The first-order chi connectivity index (χ1) is 8.27. The van der Waals surface area contributed by atoms with Gasteiger partial charge in [-0.05, 0) is 26.7 Å². The van der Waals surface area contributed by atoms with Crippen molar-refractivity contribution >= 4 is 5.91 Å². The van der Waals surface area contributed by atoms with E-state index in [1.54, 1.807) is 0 Å². The molecule has 1 aliphatic rings. The van der Waals surface area contributed by atoms with Crippen molar-refractivity contribution in [1.82, 2.24) is 10.6 Å². The zero-order valence-corrected chi connectivity index (χ0v) is 10.8. The summed E-state index contributed by atoms with van der Waals surface area (Å²) in [5.74, 6) is 0.112. The van der Waals surface area contributed by atoms with E-state index in [1.807, 2.05) is 13.8 Å². The van der Waals surface area contributed by atoms with E-state index in [4.69, 9.17) is 9.47 Å². The van der Waals surface area contributed by atoms with Gasteiger partial charge < -0.3 is 20.1 Å². The van der Waals surface area contributed by atoms with E-state index in [9.17, 15) is 4.79 Å². The van der Waals surface area contributed by atoms with Crippen LogP contribution in [-0.2, 0) is 14.3 Å². The van der Waals surface area contributed by atoms with Gasteiger partial charge in [0.25, 0.3) is 0 Å². The number of nitrogens with one attached hydrogen (secondary N) is 2. The van der Waals surface area contributed by atoms with Crippen molar-refractivity contribution in [2.45, 2.75) is 45.4 Å². The molecular weight excluding hydrogens is 220 g/mol. The summed E-state index contributed by atoms with van der Waals surface area (Å²) in [4.78, 5) is 11.5. The molecule has 0 aromatic rings. The fourth-order valence-electron chi connectivity index (χ4n) is 1.93. The highest BCUT2D eigenvalue weighted by Gasteiger charge is 2.21. The lowest BCUT2D eigenvalue weighted by atomic mass is 10.1. The Morgan fingerprint density at radius 1 is 1.41 bits per heavy atom. The molecule has 1 saturated heterocycles. The highest BCUT2D eigenvalue weighted by atomic mass is 16.7. The molecule has 1 fully saturated rings. The number of piperidine rings is 1. The Labute approximate surface area is 103 Å². The maximum atomic E-state index is 11.5. The number of hydrogen-bond donors (Lipinski definition) is 2. The molecule has 0 aliphatic carbocycles. The summed E-state index contributed by atoms with van der Waals surface area (Å²) in [6, 6.07) is -0.0485. The molecule has 5 nitrogen and oxygen atoms in total. The molecule has 17 heavy (non-hydrogen) atoms. The fraction of sp³-hybridized carbons (Fsp3) is 0.917. The zero-order valence-electron chi connectivity index (χ0n) is 10.8. The van der Waals surface area contributed by atoms with Crippen LogP contribution in [0.4, 0.5) is 0 Å². The van der Waals surface area contributed by atoms with Crippen LogP contribution in [0.5, 0.6) is 0 Å². The van der Waals surface area contributed by atoms with Crippen molar-refractivity contribution in [2.75, 3.05) is 26.3 Å². The van der Waals surface area contributed by atoms with Crippen LogP contribution in [0.15, 0.2) is 0 Å². The Morgan fingerprint density at radius 3 is 2.71 bits per heavy atom. The van der Waals surface area contributed by atoms with Gasteiger partial charge >= 0.3 is 0 Å². The maximum Gasteiger partial charge on any atom is 0.237 e. The summed E-state index contributed by atoms with van der Waals surface area (Å²) >= 11 is 0. The predicted molar refractivity (Wildman–Crippen MR) is 65.7 cm³/mol. The SMILES string of the molecule is CCOC(CCNC1CCCNC1=O)OCC. The molecule has 1 aliphatic heterocycles. The Balaban J connectivity index is 2.17. The largest absolute Gasteiger partial charge is 0.355 e. The molecule has 0 radical (unpaired) electrons. The van der Waals surface area contributed by atoms with E-state index in [-0.39, 0.29) is 18.2 Å². The van der Waals surface area contributed by atoms with Gasteiger partial charge in [0.15, 0.2) is 6.29 Å². The summed E-state index contributed by atoms with van der Waals surface area (Å²) in [5, 5.41) is 6.10. The number of rotatable bonds is 8. The van der Waals surface area contributed by atoms with E-state index in [2.05, 4.69) is 10.6 Å². The molecule has 1 heterocycles. The molecule has 5 heteroatoms. The van der Waals surface area contributed by atoms with Crippen LogP contribution in [0.25, 0.3) is 0 Å². The highest BCUT2D eigenvalue weighted by Crippen LogP contribution is 2.04. The second-order valence-electron chi connectivity index (χ2n) is 4.07. The van der Waals surface area contributed by atoms with Crippen LogP contribution in [0.3, 0.4) is 0 Å². The molecular formula is C12H24N2O3. The van der Waals surface area contributed by atoms with Crippen molar-refractivity contribution in [3.05, 3.63) is 0 Å². The minimum atomic E-state index is -0.163. The van der Waals surface area contributed by atoms with Crippen LogP contribution in [0, 0.1) is 0 Å². The fourth-order valence-corrected chi connectivity index (χ4v) is 1.93. The van der Waals surface area contributed by atoms with Gasteiger partial charge in [0.05, 0.1) is 6.04 Å². The standard InChI is InChI=1S/C12H24N2O3/c1-3-16-11(17-4-2)7-9-13-10-6-5-8-14-12(10)15/h10-11,13H,3-9H2,1-2H3,(H,14,15). The normalized spacial score (nSPS) is 20.6. The van der Waals surface area contributed by atoms with Gasteiger partial charge in [-0.25, -0.2) is 0 Å². The van der Waals surface area contributed by atoms with Gasteiger partial charge in [0.1, 0.15) is 0 Å². The predicted octanol–water partition coefficient (Wildman–Crippen LogP) is 0.644. The van der Waals surface area contributed by atoms with Crippen molar-refractivity contribution in [3.8, 4) is 0 Å². The first-order valence-corrected chi connectivity index (χ1v) is 6.52. The van der Waals surface area contributed by atoms with Gasteiger partial charge in [-0.3, -0.25) is 4.79 Å². The lowest BCUT2D eigenvalue weighted by Gasteiger charge is -2.24. The van der Waals surface area contributed by atoms with Crippen molar-refractivity contribution in [1.29, 1.82) is 0 Å². The molecule has 2 N–H and O–H groups in total. The summed E-state index contributed by atoms with van der Waals surface area (Å²) in [5.41, 5.74) is 0. The molecule has 1 unspecified atom stereocenters. The van der Waals surface area contributed by atoms with E-state index in [1.165, 1.54) is 0 Å². The van der Waals surface area contributed by atoms with Crippen molar-refractivity contribution < 1.29 is 14.3 Å². The highest BCUT2D eigenvalue weighted by molar-refractivity contribution is 5.82. The Hall–Kier alpha value is -0.650. The topological polar surface area (TPSA) is 59.6 Å². The second kappa shape index (κ2) is 8.44. The maximum absolute atomic E-state index is 11.5. The third-order valence-corrected chi connectivity index (χ3v) is 2.76. The van der Waals surface area contributed by atoms with Gasteiger partial charge in [-0.15, -0.1) is 0 Å². The molecule has 100 valence electrons. The number of amides is 1. The third-order valence-electron chi connectivity index (χ3n) is 2.76. The van der Waals surface area contributed by atoms with Crippen LogP contribution < -0.4 is 10.6 Å². The number of hydrogen-bond acceptors (Lipinski definition) is 4. The van der Waals surface area contributed by atoms with Gasteiger partial charge in [-0.2, -0.15) is 0 Å². The van der Waals surface area contributed by atoms with E-state index in [0.29, 0.717) is 13.2 Å². The smallest absolute Gasteiger partial charge is 0.237 e. The van der Waals surface area contributed by atoms with E-state index < -0.39 is 0 Å². The third kappa shape index (κ3) is 5.48. The Morgan fingerprint density at radius 2 is 2.12 bits per heavy atom. The molecule has 0 aromatic heterocycles. The van der Waals surface area contributed by atoms with Crippen LogP contribution in [0.2, 0.25) is 0 Å². The van der Waals surface area contributed by atoms with Crippen LogP contribution in [-0.4, -0.2) is 44.5 Å². The van der Waals surface area contributed by atoms with Crippen LogP contribution >= 0.6 is 0 Å². The Kier molecular flexibility index (Phi) is 7.16. The molecule has 0 saturated carbocycles. The molecule has 0 bridgehead atoms. The van der Waals surface area contributed by atoms with Gasteiger partial charge in [-0.1, -0.05) is 0 Å². The average Bonchev–Trinajstić information content (AvgIpc) is 2.32. The van der Waals surface area contributed by atoms with Gasteiger partial charge in [0.2, 0.25) is 5.91 Å². The molecule has 1 atom stereocenters. The average molecular weight is 244 g/mol. The summed E-state index contributed by atoms with van der Waals surface area (Å²) in [7, 11) is 0. The van der Waals surface area contributed by atoms with Crippen LogP contribution in [0.1, 0.15) is 33.1 Å². The summed E-state index contributed by atoms with van der Waals surface area (Å²) in [6.07, 6.45) is 2.57. The first-order valence-electron chi connectivity index (χ1n) is 6.52.